The molecule has 1 aromatic rings. The minimum atomic E-state index is -3.09. The Morgan fingerprint density at radius 2 is 2.07 bits per heavy atom. The molecule has 0 heterocycles. The van der Waals surface area contributed by atoms with E-state index in [1.807, 2.05) is 6.07 Å². The van der Waals surface area contributed by atoms with E-state index in [9.17, 15) is 8.78 Å². The van der Waals surface area contributed by atoms with Crippen LogP contribution in [-0.2, 0) is 18.8 Å². The summed E-state index contributed by atoms with van der Waals surface area (Å²) in [6.45, 7) is -1.11. The van der Waals surface area contributed by atoms with Gasteiger partial charge in [-0.25, -0.2) is 0 Å². The summed E-state index contributed by atoms with van der Waals surface area (Å²) in [5.41, 5.74) is 1.76. The SMILES string of the molecule is OCC(F)(F)c1cccc2c1CCC2. The molecule has 0 atom stereocenters. The first-order chi connectivity index (χ1) is 6.65. The Morgan fingerprint density at radius 1 is 1.29 bits per heavy atom. The van der Waals surface area contributed by atoms with E-state index in [1.165, 1.54) is 6.07 Å². The van der Waals surface area contributed by atoms with Crippen molar-refractivity contribution in [3.63, 3.8) is 0 Å². The fraction of sp³-hybridized carbons (Fsp3) is 0.455. The number of aliphatic hydroxyl groups is 1. The average Bonchev–Trinajstić information content (AvgIpc) is 2.64. The van der Waals surface area contributed by atoms with Crippen molar-refractivity contribution < 1.29 is 13.9 Å². The Balaban J connectivity index is 2.49. The van der Waals surface area contributed by atoms with Crippen molar-refractivity contribution in [2.75, 3.05) is 6.61 Å². The summed E-state index contributed by atoms with van der Waals surface area (Å²) in [7, 11) is 0. The molecule has 1 N–H and O–H groups in total. The molecule has 1 aliphatic carbocycles. The van der Waals surface area contributed by atoms with Crippen molar-refractivity contribution >= 4 is 0 Å². The van der Waals surface area contributed by atoms with Crippen molar-refractivity contribution in [2.45, 2.75) is 25.2 Å². The molecule has 0 spiro atoms. The number of hydrogen-bond acceptors (Lipinski definition) is 1. The van der Waals surface area contributed by atoms with E-state index in [0.717, 1.165) is 24.0 Å². The summed E-state index contributed by atoms with van der Waals surface area (Å²) in [5, 5.41) is 8.63. The van der Waals surface area contributed by atoms with Gasteiger partial charge >= 0.3 is 0 Å². The van der Waals surface area contributed by atoms with Gasteiger partial charge in [0.05, 0.1) is 0 Å². The number of alkyl halides is 2. The Labute approximate surface area is 81.4 Å². The maximum atomic E-state index is 13.3. The summed E-state index contributed by atoms with van der Waals surface area (Å²) < 4.78 is 26.6. The van der Waals surface area contributed by atoms with E-state index in [0.29, 0.717) is 6.42 Å². The molecular weight excluding hydrogens is 186 g/mol. The van der Waals surface area contributed by atoms with Crippen LogP contribution in [0.3, 0.4) is 0 Å². The highest BCUT2D eigenvalue weighted by atomic mass is 19.3. The van der Waals surface area contributed by atoms with Gasteiger partial charge in [0.25, 0.3) is 5.92 Å². The number of halogens is 2. The standard InChI is InChI=1S/C11H12F2O/c12-11(13,7-14)10-6-2-4-8-3-1-5-9(8)10/h2,4,6,14H,1,3,5,7H2. The number of hydrogen-bond donors (Lipinski definition) is 1. The van der Waals surface area contributed by atoms with Gasteiger partial charge in [-0.15, -0.1) is 0 Å². The monoisotopic (exact) mass is 198 g/mol. The highest BCUT2D eigenvalue weighted by molar-refractivity contribution is 5.40. The zero-order valence-electron chi connectivity index (χ0n) is 7.76. The lowest BCUT2D eigenvalue weighted by molar-refractivity contribution is -0.0562. The van der Waals surface area contributed by atoms with Gasteiger partial charge in [-0.1, -0.05) is 18.2 Å². The predicted molar refractivity (Wildman–Crippen MR) is 49.4 cm³/mol. The molecule has 0 fully saturated rings. The molecule has 0 aliphatic heterocycles. The molecule has 0 amide bonds. The lowest BCUT2D eigenvalue weighted by atomic mass is 9.99. The van der Waals surface area contributed by atoms with Crippen LogP contribution in [0.15, 0.2) is 18.2 Å². The Bertz CT molecular complexity index is 347. The third-order valence-electron chi connectivity index (χ3n) is 2.74. The van der Waals surface area contributed by atoms with Crippen LogP contribution < -0.4 is 0 Å². The highest BCUT2D eigenvalue weighted by Gasteiger charge is 2.34. The zero-order chi connectivity index (χ0) is 10.2. The van der Waals surface area contributed by atoms with Crippen LogP contribution in [0, 0.1) is 0 Å². The molecule has 1 nitrogen and oxygen atoms in total. The lowest BCUT2D eigenvalue weighted by Gasteiger charge is -2.17. The molecule has 2 rings (SSSR count). The minimum absolute atomic E-state index is 0.00926. The van der Waals surface area contributed by atoms with Crippen LogP contribution in [-0.4, -0.2) is 11.7 Å². The first-order valence-electron chi connectivity index (χ1n) is 4.75. The Hall–Kier alpha value is -0.960. The highest BCUT2D eigenvalue weighted by Crippen LogP contribution is 2.35. The Morgan fingerprint density at radius 3 is 2.79 bits per heavy atom. The summed E-state index contributed by atoms with van der Waals surface area (Å²) in [6, 6.07) is 4.95. The van der Waals surface area contributed by atoms with Crippen LogP contribution in [0.25, 0.3) is 0 Å². The Kier molecular flexibility index (Phi) is 2.27. The van der Waals surface area contributed by atoms with Crippen molar-refractivity contribution in [1.29, 1.82) is 0 Å². The van der Waals surface area contributed by atoms with Gasteiger partial charge in [-0.05, 0) is 30.4 Å². The van der Waals surface area contributed by atoms with Crippen molar-refractivity contribution in [3.8, 4) is 0 Å². The van der Waals surface area contributed by atoms with E-state index in [4.69, 9.17) is 5.11 Å². The maximum absolute atomic E-state index is 13.3. The second kappa shape index (κ2) is 3.31. The molecule has 0 unspecified atom stereocenters. The van der Waals surface area contributed by atoms with Gasteiger partial charge < -0.3 is 5.11 Å². The second-order valence-electron chi connectivity index (χ2n) is 3.66. The van der Waals surface area contributed by atoms with Gasteiger partial charge in [-0.2, -0.15) is 8.78 Å². The average molecular weight is 198 g/mol. The van der Waals surface area contributed by atoms with Crippen LogP contribution in [0.1, 0.15) is 23.1 Å². The van der Waals surface area contributed by atoms with Gasteiger partial charge in [-0.3, -0.25) is 0 Å². The molecule has 0 radical (unpaired) electrons. The molecule has 1 aliphatic rings. The number of fused-ring (bicyclic) bond motifs is 1. The van der Waals surface area contributed by atoms with Crippen LogP contribution >= 0.6 is 0 Å². The predicted octanol–water partition coefficient (Wildman–Crippen LogP) is 2.26. The van der Waals surface area contributed by atoms with Crippen LogP contribution in [0.4, 0.5) is 8.78 Å². The van der Waals surface area contributed by atoms with Gasteiger partial charge in [0.1, 0.15) is 6.61 Å². The first-order valence-corrected chi connectivity index (χ1v) is 4.75. The number of aliphatic hydroxyl groups excluding tert-OH is 1. The van der Waals surface area contributed by atoms with E-state index in [1.54, 1.807) is 6.07 Å². The maximum Gasteiger partial charge on any atom is 0.296 e. The molecular formula is C11H12F2O. The van der Waals surface area contributed by atoms with E-state index >= 15 is 0 Å². The molecule has 0 aromatic heterocycles. The van der Waals surface area contributed by atoms with E-state index in [-0.39, 0.29) is 5.56 Å². The fourth-order valence-electron chi connectivity index (χ4n) is 2.05. The molecule has 0 saturated carbocycles. The molecule has 0 saturated heterocycles. The third kappa shape index (κ3) is 1.42. The van der Waals surface area contributed by atoms with Crippen molar-refractivity contribution in [3.05, 3.63) is 34.9 Å². The third-order valence-corrected chi connectivity index (χ3v) is 2.74. The van der Waals surface area contributed by atoms with Crippen LogP contribution in [0.2, 0.25) is 0 Å². The molecule has 1 aromatic carbocycles. The molecule has 76 valence electrons. The minimum Gasteiger partial charge on any atom is -0.390 e. The lowest BCUT2D eigenvalue weighted by Crippen LogP contribution is -2.20. The quantitative estimate of drug-likeness (QED) is 0.772. The summed E-state index contributed by atoms with van der Waals surface area (Å²) in [4.78, 5) is 0. The van der Waals surface area contributed by atoms with Gasteiger partial charge in [0.2, 0.25) is 0 Å². The second-order valence-corrected chi connectivity index (χ2v) is 3.66. The van der Waals surface area contributed by atoms with Crippen LogP contribution in [0.5, 0.6) is 0 Å². The zero-order valence-corrected chi connectivity index (χ0v) is 7.76. The molecule has 3 heteroatoms. The first kappa shape index (κ1) is 9.59. The largest absolute Gasteiger partial charge is 0.390 e. The van der Waals surface area contributed by atoms with Gasteiger partial charge in [0.15, 0.2) is 0 Å². The summed E-state index contributed by atoms with van der Waals surface area (Å²) in [5.74, 6) is -3.09. The number of benzene rings is 1. The molecule has 14 heavy (non-hydrogen) atoms. The topological polar surface area (TPSA) is 20.2 Å². The fourth-order valence-corrected chi connectivity index (χ4v) is 2.05. The summed E-state index contributed by atoms with van der Waals surface area (Å²) in [6.07, 6.45) is 2.53. The van der Waals surface area contributed by atoms with E-state index < -0.39 is 12.5 Å². The summed E-state index contributed by atoms with van der Waals surface area (Å²) >= 11 is 0. The van der Waals surface area contributed by atoms with E-state index in [2.05, 4.69) is 0 Å². The van der Waals surface area contributed by atoms with Crippen molar-refractivity contribution in [2.24, 2.45) is 0 Å². The normalized spacial score (nSPS) is 15.6. The van der Waals surface area contributed by atoms with Crippen molar-refractivity contribution in [1.82, 2.24) is 0 Å². The number of rotatable bonds is 2. The number of aryl methyl sites for hydroxylation is 1. The molecule has 0 bridgehead atoms. The van der Waals surface area contributed by atoms with Gasteiger partial charge in [0, 0.05) is 5.56 Å². The smallest absolute Gasteiger partial charge is 0.296 e.